The molecule has 14 heavy (non-hydrogen) atoms. The number of rotatable bonds is 5. The van der Waals surface area contributed by atoms with Gasteiger partial charge in [-0.25, -0.2) is 4.79 Å². The van der Waals surface area contributed by atoms with Crippen LogP contribution in [0.25, 0.3) is 0 Å². The van der Waals surface area contributed by atoms with Crippen molar-refractivity contribution in [2.75, 3.05) is 7.11 Å². The zero-order valence-electron chi connectivity index (χ0n) is 9.50. The Hall–Kier alpha value is -0.570. The molecule has 3 nitrogen and oxygen atoms in total. The van der Waals surface area contributed by atoms with Crippen LogP contribution in [0.2, 0.25) is 0 Å². The molecule has 82 valence electrons. The third-order valence-corrected chi connectivity index (χ3v) is 2.78. The number of carbonyl (C=O) groups is 1. The topological polar surface area (TPSA) is 35.5 Å². The second kappa shape index (κ2) is 4.30. The molecule has 0 heterocycles. The third-order valence-electron chi connectivity index (χ3n) is 2.78. The van der Waals surface area contributed by atoms with Crippen molar-refractivity contribution >= 4 is 5.97 Å². The van der Waals surface area contributed by atoms with Crippen molar-refractivity contribution in [3.8, 4) is 0 Å². The third kappa shape index (κ3) is 2.98. The summed E-state index contributed by atoms with van der Waals surface area (Å²) in [6.45, 7) is 6.07. The number of carbonyl (C=O) groups excluding carboxylic acids is 1. The smallest absolute Gasteiger partial charge is 0.335 e. The molecule has 0 radical (unpaired) electrons. The van der Waals surface area contributed by atoms with E-state index < -0.39 is 0 Å². The zero-order valence-corrected chi connectivity index (χ0v) is 9.50. The standard InChI is InChI=1S/C11H20O3/c1-5-11(2,3)14-9(8-6-7-8)10(12)13-4/h8-9H,5-7H2,1-4H3. The van der Waals surface area contributed by atoms with Crippen LogP contribution in [-0.4, -0.2) is 24.8 Å². The van der Waals surface area contributed by atoms with Crippen LogP contribution in [0, 0.1) is 5.92 Å². The average molecular weight is 200 g/mol. The van der Waals surface area contributed by atoms with Crippen LogP contribution in [-0.2, 0) is 14.3 Å². The van der Waals surface area contributed by atoms with Gasteiger partial charge in [-0.1, -0.05) is 6.92 Å². The Labute approximate surface area is 85.8 Å². The van der Waals surface area contributed by atoms with Crippen molar-refractivity contribution < 1.29 is 14.3 Å². The van der Waals surface area contributed by atoms with E-state index >= 15 is 0 Å². The lowest BCUT2D eigenvalue weighted by atomic mass is 10.1. The van der Waals surface area contributed by atoms with Crippen molar-refractivity contribution in [1.82, 2.24) is 0 Å². The number of hydrogen-bond donors (Lipinski definition) is 0. The van der Waals surface area contributed by atoms with Crippen LogP contribution >= 0.6 is 0 Å². The van der Waals surface area contributed by atoms with E-state index in [4.69, 9.17) is 9.47 Å². The van der Waals surface area contributed by atoms with Crippen LogP contribution < -0.4 is 0 Å². The molecule has 1 fully saturated rings. The van der Waals surface area contributed by atoms with Crippen LogP contribution in [0.3, 0.4) is 0 Å². The normalized spacial score (nSPS) is 19.1. The summed E-state index contributed by atoms with van der Waals surface area (Å²) < 4.78 is 10.5. The second-order valence-electron chi connectivity index (χ2n) is 4.51. The first-order valence-electron chi connectivity index (χ1n) is 5.26. The van der Waals surface area contributed by atoms with Gasteiger partial charge in [-0.3, -0.25) is 0 Å². The monoisotopic (exact) mass is 200 g/mol. The van der Waals surface area contributed by atoms with Gasteiger partial charge in [0, 0.05) is 0 Å². The molecule has 1 rings (SSSR count). The van der Waals surface area contributed by atoms with Gasteiger partial charge >= 0.3 is 5.97 Å². The summed E-state index contributed by atoms with van der Waals surface area (Å²) in [7, 11) is 1.42. The lowest BCUT2D eigenvalue weighted by Gasteiger charge is -2.28. The molecule has 3 heteroatoms. The number of methoxy groups -OCH3 is 1. The van der Waals surface area contributed by atoms with E-state index in [1.807, 2.05) is 13.8 Å². The summed E-state index contributed by atoms with van der Waals surface area (Å²) in [4.78, 5) is 11.4. The Balaban J connectivity index is 2.55. The minimum Gasteiger partial charge on any atom is -0.467 e. The van der Waals surface area contributed by atoms with Crippen LogP contribution in [0.15, 0.2) is 0 Å². The summed E-state index contributed by atoms with van der Waals surface area (Å²) in [6, 6.07) is 0. The Morgan fingerprint density at radius 3 is 2.43 bits per heavy atom. The summed E-state index contributed by atoms with van der Waals surface area (Å²) in [5.74, 6) is 0.155. The van der Waals surface area contributed by atoms with E-state index in [9.17, 15) is 4.79 Å². The van der Waals surface area contributed by atoms with Gasteiger partial charge in [0.25, 0.3) is 0 Å². The largest absolute Gasteiger partial charge is 0.467 e. The zero-order chi connectivity index (χ0) is 10.8. The van der Waals surface area contributed by atoms with Gasteiger partial charge in [0.1, 0.15) is 0 Å². The van der Waals surface area contributed by atoms with Crippen molar-refractivity contribution in [3.63, 3.8) is 0 Å². The van der Waals surface area contributed by atoms with E-state index in [-0.39, 0.29) is 17.7 Å². The number of hydrogen-bond acceptors (Lipinski definition) is 3. The molecule has 1 atom stereocenters. The summed E-state index contributed by atoms with van der Waals surface area (Å²) in [5, 5.41) is 0. The molecule has 1 aliphatic carbocycles. The quantitative estimate of drug-likeness (QED) is 0.638. The predicted molar refractivity (Wildman–Crippen MR) is 54.0 cm³/mol. The molecule has 0 aromatic rings. The van der Waals surface area contributed by atoms with Gasteiger partial charge in [0.05, 0.1) is 12.7 Å². The molecular weight excluding hydrogens is 180 g/mol. The van der Waals surface area contributed by atoms with Crippen molar-refractivity contribution in [2.24, 2.45) is 5.92 Å². The number of esters is 1. The van der Waals surface area contributed by atoms with E-state index in [1.54, 1.807) is 0 Å². The van der Waals surface area contributed by atoms with Gasteiger partial charge in [0.15, 0.2) is 6.10 Å². The first-order chi connectivity index (χ1) is 6.50. The Bertz CT molecular complexity index is 207. The molecule has 0 aromatic carbocycles. The van der Waals surface area contributed by atoms with Crippen LogP contribution in [0.5, 0.6) is 0 Å². The predicted octanol–water partition coefficient (Wildman–Crippen LogP) is 2.14. The minimum atomic E-state index is -0.352. The molecular formula is C11H20O3. The molecule has 0 saturated heterocycles. The summed E-state index contributed by atoms with van der Waals surface area (Å²) >= 11 is 0. The molecule has 1 aliphatic rings. The van der Waals surface area contributed by atoms with Crippen LogP contribution in [0.4, 0.5) is 0 Å². The number of ether oxygens (including phenoxy) is 2. The molecule has 0 bridgehead atoms. The Morgan fingerprint density at radius 1 is 1.50 bits per heavy atom. The first kappa shape index (κ1) is 11.5. The maximum Gasteiger partial charge on any atom is 0.335 e. The fourth-order valence-corrected chi connectivity index (χ4v) is 1.28. The molecule has 0 aromatic heterocycles. The van der Waals surface area contributed by atoms with Crippen molar-refractivity contribution in [2.45, 2.75) is 51.7 Å². The van der Waals surface area contributed by atoms with E-state index in [0.29, 0.717) is 5.92 Å². The SMILES string of the molecule is CCC(C)(C)OC(C(=O)OC)C1CC1. The second-order valence-corrected chi connectivity index (χ2v) is 4.51. The van der Waals surface area contributed by atoms with Gasteiger partial charge in [-0.05, 0) is 39.0 Å². The highest BCUT2D eigenvalue weighted by atomic mass is 16.6. The maximum atomic E-state index is 11.4. The highest BCUT2D eigenvalue weighted by Gasteiger charge is 2.40. The van der Waals surface area contributed by atoms with E-state index in [1.165, 1.54) is 7.11 Å². The van der Waals surface area contributed by atoms with Crippen molar-refractivity contribution in [3.05, 3.63) is 0 Å². The molecule has 0 spiro atoms. The van der Waals surface area contributed by atoms with Gasteiger partial charge < -0.3 is 9.47 Å². The van der Waals surface area contributed by atoms with Crippen molar-refractivity contribution in [1.29, 1.82) is 0 Å². The average Bonchev–Trinajstić information content (AvgIpc) is 2.96. The van der Waals surface area contributed by atoms with E-state index in [2.05, 4.69) is 6.92 Å². The van der Waals surface area contributed by atoms with E-state index in [0.717, 1.165) is 19.3 Å². The highest BCUT2D eigenvalue weighted by molar-refractivity contribution is 5.75. The van der Waals surface area contributed by atoms with Gasteiger partial charge in [-0.2, -0.15) is 0 Å². The highest BCUT2D eigenvalue weighted by Crippen LogP contribution is 2.37. The summed E-state index contributed by atoms with van der Waals surface area (Å²) in [5.41, 5.74) is -0.235. The molecule has 0 N–H and O–H groups in total. The minimum absolute atomic E-state index is 0.228. The Kier molecular flexibility index (Phi) is 3.53. The molecule has 1 saturated carbocycles. The molecule has 0 aliphatic heterocycles. The lowest BCUT2D eigenvalue weighted by molar-refractivity contribution is -0.167. The maximum absolute atomic E-state index is 11.4. The first-order valence-corrected chi connectivity index (χ1v) is 5.26. The fourth-order valence-electron chi connectivity index (χ4n) is 1.28. The summed E-state index contributed by atoms with van der Waals surface area (Å²) in [6.07, 6.45) is 2.71. The van der Waals surface area contributed by atoms with Crippen LogP contribution in [0.1, 0.15) is 40.0 Å². The van der Waals surface area contributed by atoms with Gasteiger partial charge in [0.2, 0.25) is 0 Å². The fraction of sp³-hybridized carbons (Fsp3) is 0.909. The Morgan fingerprint density at radius 2 is 2.07 bits per heavy atom. The lowest BCUT2D eigenvalue weighted by Crippen LogP contribution is -2.37. The van der Waals surface area contributed by atoms with Gasteiger partial charge in [-0.15, -0.1) is 0 Å². The molecule has 1 unspecified atom stereocenters. The molecule has 0 amide bonds.